The van der Waals surface area contributed by atoms with Crippen molar-refractivity contribution in [3.05, 3.63) is 11.8 Å². The third kappa shape index (κ3) is 5.32. The molecule has 3 amide bonds. The van der Waals surface area contributed by atoms with Crippen LogP contribution in [0.5, 0.6) is 0 Å². The quantitative estimate of drug-likeness (QED) is 0.595. The highest BCUT2D eigenvalue weighted by molar-refractivity contribution is 5.91. The molecule has 3 aliphatic rings. The second-order valence-corrected chi connectivity index (χ2v) is 9.08. The van der Waals surface area contributed by atoms with E-state index in [2.05, 4.69) is 34.9 Å². The number of nitrogens with one attached hydrogen (secondary N) is 3. The molecule has 3 rings (SSSR count). The van der Waals surface area contributed by atoms with Crippen LogP contribution < -0.4 is 16.0 Å². The summed E-state index contributed by atoms with van der Waals surface area (Å²) in [7, 11) is 4.19. The van der Waals surface area contributed by atoms with Gasteiger partial charge in [-0.2, -0.15) is 5.26 Å². The van der Waals surface area contributed by atoms with Gasteiger partial charge in [0.1, 0.15) is 12.1 Å². The number of nitriles is 1. The van der Waals surface area contributed by atoms with Gasteiger partial charge >= 0.3 is 6.03 Å². The van der Waals surface area contributed by atoms with E-state index >= 15 is 0 Å². The van der Waals surface area contributed by atoms with Crippen molar-refractivity contribution >= 4 is 11.9 Å². The van der Waals surface area contributed by atoms with Crippen LogP contribution in [0.3, 0.4) is 0 Å². The Balaban J connectivity index is 1.65. The summed E-state index contributed by atoms with van der Waals surface area (Å²) in [6, 6.07) is 1.75. The molecule has 8 nitrogen and oxygen atoms in total. The Bertz CT molecular complexity index is 684. The molecule has 2 heterocycles. The van der Waals surface area contributed by atoms with Crippen molar-refractivity contribution in [2.24, 2.45) is 5.92 Å². The fraction of sp³-hybridized carbons (Fsp3) is 0.773. The molecule has 2 atom stereocenters. The van der Waals surface area contributed by atoms with Gasteiger partial charge in [0.15, 0.2) is 0 Å². The number of rotatable bonds is 5. The van der Waals surface area contributed by atoms with Crippen molar-refractivity contribution in [1.29, 1.82) is 5.26 Å². The highest BCUT2D eigenvalue weighted by Crippen LogP contribution is 2.31. The van der Waals surface area contributed by atoms with Crippen molar-refractivity contribution in [3.8, 4) is 6.07 Å². The lowest BCUT2D eigenvalue weighted by atomic mass is 9.81. The first-order chi connectivity index (χ1) is 14.4. The van der Waals surface area contributed by atoms with E-state index in [1.165, 1.54) is 5.57 Å². The maximum atomic E-state index is 13.1. The highest BCUT2D eigenvalue weighted by atomic mass is 16.2. The molecule has 0 spiro atoms. The minimum atomic E-state index is -0.900. The van der Waals surface area contributed by atoms with E-state index in [4.69, 9.17) is 5.26 Å². The smallest absolute Gasteiger partial charge is 0.322 e. The number of nitrogens with zero attached hydrogens (tertiary/aromatic N) is 3. The molecule has 0 aromatic heterocycles. The van der Waals surface area contributed by atoms with Crippen molar-refractivity contribution in [3.63, 3.8) is 0 Å². The molecular weight excluding hydrogens is 380 g/mol. The largest absolute Gasteiger partial charge is 0.341 e. The SMILES string of the molecule is CN(C)C1CCC(C2=CN(C(=O)NC3(C(=O)NCC#N)CCCCC3)CCC2)CN1. The maximum Gasteiger partial charge on any atom is 0.322 e. The van der Waals surface area contributed by atoms with E-state index < -0.39 is 5.54 Å². The Hall–Kier alpha value is -2.11. The highest BCUT2D eigenvalue weighted by Gasteiger charge is 2.41. The minimum Gasteiger partial charge on any atom is -0.341 e. The van der Waals surface area contributed by atoms with E-state index in [9.17, 15) is 9.59 Å². The Kier molecular flexibility index (Phi) is 7.73. The molecule has 166 valence electrons. The third-order valence-electron chi connectivity index (χ3n) is 6.80. The van der Waals surface area contributed by atoms with Gasteiger partial charge in [0, 0.05) is 19.3 Å². The second kappa shape index (κ2) is 10.3. The van der Waals surface area contributed by atoms with Gasteiger partial charge in [0.25, 0.3) is 0 Å². The second-order valence-electron chi connectivity index (χ2n) is 9.08. The standard InChI is InChI=1S/C22H36N6O2/c1-27(2)19-9-8-17(15-25-19)18-7-6-14-28(16-18)21(30)26-22(10-4-3-5-11-22)20(29)24-13-12-23/h16-17,19,25H,3-11,13-15H2,1-2H3,(H,24,29)(H,26,30). The molecule has 30 heavy (non-hydrogen) atoms. The van der Waals surface area contributed by atoms with Gasteiger partial charge in [-0.3, -0.25) is 9.69 Å². The molecule has 0 radical (unpaired) electrons. The Morgan fingerprint density at radius 2 is 2.03 bits per heavy atom. The van der Waals surface area contributed by atoms with Gasteiger partial charge in [-0.05, 0) is 64.1 Å². The van der Waals surface area contributed by atoms with E-state index in [1.807, 2.05) is 12.3 Å². The Morgan fingerprint density at radius 1 is 1.27 bits per heavy atom. The van der Waals surface area contributed by atoms with E-state index in [-0.39, 0.29) is 18.5 Å². The predicted octanol–water partition coefficient (Wildman–Crippen LogP) is 1.91. The molecule has 1 saturated heterocycles. The maximum absolute atomic E-state index is 13.1. The van der Waals surface area contributed by atoms with Gasteiger partial charge in [-0.25, -0.2) is 4.79 Å². The summed E-state index contributed by atoms with van der Waals surface area (Å²) in [5.41, 5.74) is 0.427. The van der Waals surface area contributed by atoms with Crippen LogP contribution in [-0.4, -0.2) is 67.2 Å². The van der Waals surface area contributed by atoms with Crippen LogP contribution in [0.15, 0.2) is 11.8 Å². The summed E-state index contributed by atoms with van der Waals surface area (Å²) in [4.78, 5) is 29.9. The lowest BCUT2D eigenvalue weighted by molar-refractivity contribution is -0.128. The average Bonchev–Trinajstić information content (AvgIpc) is 2.78. The first-order valence-corrected chi connectivity index (χ1v) is 11.3. The molecule has 0 bridgehead atoms. The zero-order valence-corrected chi connectivity index (χ0v) is 18.4. The fourth-order valence-electron chi connectivity index (χ4n) is 4.98. The van der Waals surface area contributed by atoms with Crippen LogP contribution in [0, 0.1) is 17.2 Å². The summed E-state index contributed by atoms with van der Waals surface area (Å²) in [5.74, 6) is 0.226. The molecule has 8 heteroatoms. The molecular formula is C22H36N6O2. The predicted molar refractivity (Wildman–Crippen MR) is 115 cm³/mol. The van der Waals surface area contributed by atoms with E-state index in [1.54, 1.807) is 4.90 Å². The van der Waals surface area contributed by atoms with Crippen LogP contribution in [-0.2, 0) is 4.79 Å². The molecule has 0 aromatic rings. The number of hydrogen-bond acceptors (Lipinski definition) is 5. The number of amides is 3. The van der Waals surface area contributed by atoms with Crippen molar-refractivity contribution in [1.82, 2.24) is 25.8 Å². The summed E-state index contributed by atoms with van der Waals surface area (Å²) in [6.45, 7) is 1.57. The van der Waals surface area contributed by atoms with Gasteiger partial charge in [-0.1, -0.05) is 19.3 Å². The Labute approximate surface area is 180 Å². The Morgan fingerprint density at radius 3 is 2.67 bits per heavy atom. The van der Waals surface area contributed by atoms with Crippen LogP contribution in [0.1, 0.15) is 57.8 Å². The minimum absolute atomic E-state index is 0.0349. The fourth-order valence-corrected chi connectivity index (χ4v) is 4.98. The van der Waals surface area contributed by atoms with Crippen LogP contribution in [0.2, 0.25) is 0 Å². The lowest BCUT2D eigenvalue weighted by Gasteiger charge is -2.39. The molecule has 2 aliphatic heterocycles. The summed E-state index contributed by atoms with van der Waals surface area (Å²) in [6.07, 6.45) is 10.8. The van der Waals surface area contributed by atoms with Crippen molar-refractivity contribution < 1.29 is 9.59 Å². The number of hydrogen-bond donors (Lipinski definition) is 3. The summed E-state index contributed by atoms with van der Waals surface area (Å²) in [5, 5.41) is 18.1. The average molecular weight is 417 g/mol. The monoisotopic (exact) mass is 416 g/mol. The lowest BCUT2D eigenvalue weighted by Crippen LogP contribution is -2.61. The van der Waals surface area contributed by atoms with Gasteiger partial charge in [-0.15, -0.1) is 0 Å². The number of piperidine rings is 1. The zero-order chi connectivity index (χ0) is 21.6. The van der Waals surface area contributed by atoms with E-state index in [0.29, 0.717) is 31.5 Å². The number of urea groups is 1. The molecule has 1 aliphatic carbocycles. The van der Waals surface area contributed by atoms with Gasteiger partial charge in [0.2, 0.25) is 5.91 Å². The van der Waals surface area contributed by atoms with Crippen LogP contribution in [0.25, 0.3) is 0 Å². The molecule has 0 aromatic carbocycles. The normalized spacial score (nSPS) is 26.5. The summed E-state index contributed by atoms with van der Waals surface area (Å²) >= 11 is 0. The summed E-state index contributed by atoms with van der Waals surface area (Å²) < 4.78 is 0. The van der Waals surface area contributed by atoms with Crippen molar-refractivity contribution in [2.75, 3.05) is 33.7 Å². The number of carbonyl (C=O) groups excluding carboxylic acids is 2. The first kappa shape index (κ1) is 22.6. The number of carbonyl (C=O) groups is 2. The van der Waals surface area contributed by atoms with Crippen molar-refractivity contribution in [2.45, 2.75) is 69.5 Å². The zero-order valence-electron chi connectivity index (χ0n) is 18.4. The van der Waals surface area contributed by atoms with E-state index in [0.717, 1.165) is 51.5 Å². The first-order valence-electron chi connectivity index (χ1n) is 11.3. The van der Waals surface area contributed by atoms with Gasteiger partial charge < -0.3 is 20.9 Å². The molecule has 2 unspecified atom stereocenters. The molecule has 2 fully saturated rings. The van der Waals surface area contributed by atoms with Crippen LogP contribution >= 0.6 is 0 Å². The molecule has 1 saturated carbocycles. The van der Waals surface area contributed by atoms with Gasteiger partial charge in [0.05, 0.1) is 12.2 Å². The molecule has 3 N–H and O–H groups in total. The third-order valence-corrected chi connectivity index (χ3v) is 6.80. The topological polar surface area (TPSA) is 100 Å². The van der Waals surface area contributed by atoms with Crippen LogP contribution in [0.4, 0.5) is 4.79 Å².